The Balaban J connectivity index is 1.51. The van der Waals surface area contributed by atoms with Gasteiger partial charge in [-0.2, -0.15) is 4.31 Å². The summed E-state index contributed by atoms with van der Waals surface area (Å²) in [6.45, 7) is 4.87. The highest BCUT2D eigenvalue weighted by Gasteiger charge is 2.44. The van der Waals surface area contributed by atoms with Crippen LogP contribution in [0.3, 0.4) is 0 Å². The number of unbranched alkanes of at least 4 members (excludes halogenated alkanes) is 1. The van der Waals surface area contributed by atoms with Crippen LogP contribution in [0.25, 0.3) is 0 Å². The zero-order valence-corrected chi connectivity index (χ0v) is 28.1. The second kappa shape index (κ2) is 16.6. The number of carbonyl (C=O) groups is 2. The molecule has 2 saturated heterocycles. The number of hydrogen-bond donors (Lipinski definition) is 4. The maximum absolute atomic E-state index is 14.1. The van der Waals surface area contributed by atoms with Crippen LogP contribution < -0.4 is 16.4 Å². The lowest BCUT2D eigenvalue weighted by atomic mass is 9.87. The number of aliphatic hydroxyl groups excluding tert-OH is 1. The van der Waals surface area contributed by atoms with Crippen molar-refractivity contribution in [3.63, 3.8) is 0 Å². The highest BCUT2D eigenvalue weighted by atomic mass is 32.2. The number of alkyl carbamates (subject to hydrolysis) is 2. The SMILES string of the molecule is COC(=O)NCCCCC(C)(C)CN(C[C@@H](O)[C@H](Cc1ccccc1)NC(=O)O[C@H]1CO[C@H]2OCC[C@H]21)S(=O)(=O)c1cccc(N)c1. The smallest absolute Gasteiger partial charge is 0.407 e. The molecule has 0 radical (unpaired) electrons. The fourth-order valence-electron chi connectivity index (χ4n) is 5.98. The predicted molar refractivity (Wildman–Crippen MR) is 175 cm³/mol. The summed E-state index contributed by atoms with van der Waals surface area (Å²) in [6.07, 6.45) is -0.433. The molecule has 2 aromatic carbocycles. The summed E-state index contributed by atoms with van der Waals surface area (Å²) in [5.74, 6) is -0.0596. The fraction of sp³-hybridized carbons (Fsp3) is 0.576. The predicted octanol–water partition coefficient (Wildman–Crippen LogP) is 3.27. The van der Waals surface area contributed by atoms with E-state index in [4.69, 9.17) is 19.9 Å². The number of fused-ring (bicyclic) bond motifs is 1. The first kappa shape index (κ1) is 36.4. The van der Waals surface area contributed by atoms with E-state index in [2.05, 4.69) is 15.4 Å². The Labute approximate surface area is 277 Å². The summed E-state index contributed by atoms with van der Waals surface area (Å²) in [6, 6.07) is 14.5. The molecule has 47 heavy (non-hydrogen) atoms. The molecular weight excluding hydrogens is 628 g/mol. The van der Waals surface area contributed by atoms with Crippen LogP contribution in [-0.2, 0) is 35.4 Å². The molecule has 2 fully saturated rings. The number of nitrogens with one attached hydrogen (secondary N) is 2. The van der Waals surface area contributed by atoms with Gasteiger partial charge in [-0.25, -0.2) is 18.0 Å². The van der Waals surface area contributed by atoms with E-state index in [1.54, 1.807) is 12.1 Å². The molecule has 2 amide bonds. The van der Waals surface area contributed by atoms with Gasteiger partial charge in [-0.1, -0.05) is 56.7 Å². The molecule has 0 aromatic heterocycles. The van der Waals surface area contributed by atoms with Gasteiger partial charge in [-0.3, -0.25) is 0 Å². The van der Waals surface area contributed by atoms with Crippen LogP contribution in [0.15, 0.2) is 59.5 Å². The van der Waals surface area contributed by atoms with Crippen molar-refractivity contribution in [2.75, 3.05) is 45.7 Å². The number of sulfonamides is 1. The van der Waals surface area contributed by atoms with Crippen LogP contribution in [0.5, 0.6) is 0 Å². The van der Waals surface area contributed by atoms with E-state index < -0.39 is 52.2 Å². The van der Waals surface area contributed by atoms with E-state index in [0.717, 1.165) is 5.56 Å². The second-order valence-corrected chi connectivity index (χ2v) is 14.8. The normalized spacial score (nSPS) is 20.7. The number of nitrogens with two attached hydrogens (primary N) is 1. The van der Waals surface area contributed by atoms with Crippen molar-refractivity contribution >= 4 is 27.9 Å². The van der Waals surface area contributed by atoms with Crippen LogP contribution in [-0.4, -0.2) is 94.5 Å². The van der Waals surface area contributed by atoms with Crippen LogP contribution in [0.2, 0.25) is 0 Å². The molecule has 0 aliphatic carbocycles. The summed E-state index contributed by atoms with van der Waals surface area (Å²) in [5, 5.41) is 17.1. The number of methoxy groups -OCH3 is 1. The number of amides is 2. The monoisotopic (exact) mass is 676 g/mol. The van der Waals surface area contributed by atoms with Crippen molar-refractivity contribution < 1.29 is 42.1 Å². The quantitative estimate of drug-likeness (QED) is 0.152. The number of carbonyl (C=O) groups excluding carboxylic acids is 2. The molecule has 0 saturated carbocycles. The molecule has 5 atom stereocenters. The highest BCUT2D eigenvalue weighted by molar-refractivity contribution is 7.89. The molecule has 2 aromatic rings. The lowest BCUT2D eigenvalue weighted by Crippen LogP contribution is -2.52. The van der Waals surface area contributed by atoms with Crippen molar-refractivity contribution in [2.24, 2.45) is 11.3 Å². The molecule has 13 nitrogen and oxygen atoms in total. The zero-order chi connectivity index (χ0) is 34.0. The molecule has 260 valence electrons. The summed E-state index contributed by atoms with van der Waals surface area (Å²) in [4.78, 5) is 24.6. The molecule has 0 bridgehead atoms. The third kappa shape index (κ3) is 10.5. The highest BCUT2D eigenvalue weighted by Crippen LogP contribution is 2.33. The van der Waals surface area contributed by atoms with Crippen molar-refractivity contribution in [2.45, 2.75) is 75.4 Å². The van der Waals surface area contributed by atoms with Gasteiger partial charge in [0.05, 0.1) is 43.3 Å². The minimum absolute atomic E-state index is 0.00401. The number of ether oxygens (including phenoxy) is 4. The first-order valence-corrected chi connectivity index (χ1v) is 17.4. The van der Waals surface area contributed by atoms with E-state index in [1.165, 1.54) is 23.5 Å². The van der Waals surface area contributed by atoms with Gasteiger partial charge in [0, 0.05) is 25.3 Å². The maximum atomic E-state index is 14.1. The van der Waals surface area contributed by atoms with E-state index in [-0.39, 0.29) is 36.9 Å². The van der Waals surface area contributed by atoms with Gasteiger partial charge in [0.25, 0.3) is 0 Å². The van der Waals surface area contributed by atoms with Gasteiger partial charge in [-0.05, 0) is 54.9 Å². The second-order valence-electron chi connectivity index (χ2n) is 12.9. The number of hydrogen-bond acceptors (Lipinski definition) is 10. The number of benzene rings is 2. The van der Waals surface area contributed by atoms with Gasteiger partial charge in [0.2, 0.25) is 10.0 Å². The Hall–Kier alpha value is -3.43. The molecule has 2 heterocycles. The lowest BCUT2D eigenvalue weighted by Gasteiger charge is -2.35. The minimum Gasteiger partial charge on any atom is -0.453 e. The number of nitrogen functional groups attached to an aromatic ring is 1. The number of anilines is 1. The van der Waals surface area contributed by atoms with Gasteiger partial charge < -0.3 is 40.4 Å². The average molecular weight is 677 g/mol. The molecular formula is C33H48N4O9S. The molecule has 14 heteroatoms. The molecule has 4 rings (SSSR count). The Kier molecular flexibility index (Phi) is 12.9. The summed E-state index contributed by atoms with van der Waals surface area (Å²) >= 11 is 0. The molecule has 2 aliphatic rings. The number of nitrogens with zero attached hydrogens (tertiary/aromatic N) is 1. The van der Waals surface area contributed by atoms with Crippen molar-refractivity contribution in [1.29, 1.82) is 0 Å². The van der Waals surface area contributed by atoms with E-state index >= 15 is 0 Å². The third-order valence-corrected chi connectivity index (χ3v) is 10.3. The van der Waals surface area contributed by atoms with Crippen molar-refractivity contribution in [3.05, 3.63) is 60.2 Å². The topological polar surface area (TPSA) is 179 Å². The molecule has 5 N–H and O–H groups in total. The maximum Gasteiger partial charge on any atom is 0.407 e. The van der Waals surface area contributed by atoms with Crippen LogP contribution in [0.1, 0.15) is 45.1 Å². The Morgan fingerprint density at radius 2 is 1.87 bits per heavy atom. The van der Waals surface area contributed by atoms with E-state index in [1.807, 2.05) is 44.2 Å². The van der Waals surface area contributed by atoms with Crippen LogP contribution in [0.4, 0.5) is 15.3 Å². The fourth-order valence-corrected chi connectivity index (χ4v) is 7.68. The molecule has 2 aliphatic heterocycles. The van der Waals surface area contributed by atoms with E-state index in [9.17, 15) is 23.1 Å². The van der Waals surface area contributed by atoms with E-state index in [0.29, 0.717) is 44.5 Å². The standard InChI is InChI=1S/C33H48N4O9S/c1-33(2,15-7-8-16-35-31(39)43-3)22-37(47(41,42)25-13-9-12-24(34)19-25)20-28(38)27(18-23-10-5-4-6-11-23)36-32(40)46-29-21-45-30-26(29)14-17-44-30/h4-6,9-13,19,26-30,38H,7-8,14-18,20-22,34H2,1-3H3,(H,35,39)(H,36,40)/t26-,27-,28+,29-,30+/m0/s1. The zero-order valence-electron chi connectivity index (χ0n) is 27.3. The van der Waals surface area contributed by atoms with Crippen molar-refractivity contribution in [1.82, 2.24) is 14.9 Å². The minimum atomic E-state index is -4.12. The Morgan fingerprint density at radius 1 is 1.11 bits per heavy atom. The third-order valence-electron chi connectivity index (χ3n) is 8.54. The molecule has 0 unspecified atom stereocenters. The first-order valence-electron chi connectivity index (χ1n) is 16.0. The van der Waals surface area contributed by atoms with Crippen LogP contribution >= 0.6 is 0 Å². The summed E-state index contributed by atoms with van der Waals surface area (Å²) < 4.78 is 50.9. The van der Waals surface area contributed by atoms with Gasteiger partial charge in [0.15, 0.2) is 6.29 Å². The van der Waals surface area contributed by atoms with Gasteiger partial charge in [-0.15, -0.1) is 0 Å². The van der Waals surface area contributed by atoms with Crippen LogP contribution in [0, 0.1) is 11.3 Å². The Bertz CT molecular complexity index is 1430. The lowest BCUT2D eigenvalue weighted by molar-refractivity contribution is -0.0907. The number of aliphatic hydroxyl groups is 1. The first-order chi connectivity index (χ1) is 22.4. The van der Waals surface area contributed by atoms with Gasteiger partial charge in [0.1, 0.15) is 6.10 Å². The molecule has 0 spiro atoms. The summed E-state index contributed by atoms with van der Waals surface area (Å²) in [5.41, 5.74) is 6.57. The van der Waals surface area contributed by atoms with Gasteiger partial charge >= 0.3 is 12.2 Å². The average Bonchev–Trinajstić information content (AvgIpc) is 3.65. The largest absolute Gasteiger partial charge is 0.453 e. The summed E-state index contributed by atoms with van der Waals surface area (Å²) in [7, 11) is -2.82. The van der Waals surface area contributed by atoms with Crippen molar-refractivity contribution in [3.8, 4) is 0 Å². The Morgan fingerprint density at radius 3 is 2.60 bits per heavy atom. The number of rotatable bonds is 16.